The van der Waals surface area contributed by atoms with Crippen LogP contribution in [0.1, 0.15) is 24.4 Å². The molecular formula is C8H10N4OS. The van der Waals surface area contributed by atoms with Crippen molar-refractivity contribution in [2.45, 2.75) is 19.6 Å². The number of aliphatic hydroxyl groups is 1. The van der Waals surface area contributed by atoms with E-state index in [9.17, 15) is 5.11 Å². The molecule has 2 aromatic heterocycles. The van der Waals surface area contributed by atoms with Gasteiger partial charge in [-0.05, 0) is 13.0 Å². The molecule has 1 atom stereocenters. The molecule has 1 N–H and O–H groups in total. The van der Waals surface area contributed by atoms with Crippen LogP contribution in [-0.2, 0) is 6.54 Å². The van der Waals surface area contributed by atoms with Crippen molar-refractivity contribution >= 4 is 11.7 Å². The quantitative estimate of drug-likeness (QED) is 0.815. The van der Waals surface area contributed by atoms with Crippen molar-refractivity contribution in [2.24, 2.45) is 0 Å². The lowest BCUT2D eigenvalue weighted by atomic mass is 10.2. The normalized spacial score (nSPS) is 13.0. The average molecular weight is 210 g/mol. The van der Waals surface area contributed by atoms with E-state index in [1.807, 2.05) is 6.92 Å². The Morgan fingerprint density at radius 3 is 3.14 bits per heavy atom. The van der Waals surface area contributed by atoms with Gasteiger partial charge in [-0.2, -0.15) is 13.8 Å². The number of nitrogens with zero attached hydrogens (tertiary/aromatic N) is 4. The van der Waals surface area contributed by atoms with Crippen molar-refractivity contribution < 1.29 is 5.11 Å². The smallest absolute Gasteiger partial charge is 0.140 e. The molecule has 0 aliphatic carbocycles. The third kappa shape index (κ3) is 1.53. The topological polar surface area (TPSA) is 63.8 Å². The van der Waals surface area contributed by atoms with Gasteiger partial charge in [-0.1, -0.05) is 0 Å². The van der Waals surface area contributed by atoms with Gasteiger partial charge in [0.15, 0.2) is 0 Å². The summed E-state index contributed by atoms with van der Waals surface area (Å²) >= 11 is 1.09. The molecule has 0 spiro atoms. The molecule has 0 bridgehead atoms. The second-order valence-electron chi connectivity index (χ2n) is 2.81. The molecular weight excluding hydrogens is 200 g/mol. The molecule has 74 valence electrons. The highest BCUT2D eigenvalue weighted by Gasteiger charge is 2.16. The Morgan fingerprint density at radius 2 is 2.50 bits per heavy atom. The molecule has 0 saturated heterocycles. The minimum Gasteiger partial charge on any atom is -0.380 e. The summed E-state index contributed by atoms with van der Waals surface area (Å²) in [7, 11) is 0. The van der Waals surface area contributed by atoms with Gasteiger partial charge in [0.2, 0.25) is 0 Å². The third-order valence-electron chi connectivity index (χ3n) is 1.99. The first-order valence-electron chi connectivity index (χ1n) is 4.30. The van der Waals surface area contributed by atoms with Crippen molar-refractivity contribution in [3.8, 4) is 0 Å². The van der Waals surface area contributed by atoms with E-state index in [1.165, 1.54) is 0 Å². The van der Waals surface area contributed by atoms with Crippen LogP contribution in [-0.4, -0.2) is 23.6 Å². The first-order valence-corrected chi connectivity index (χ1v) is 5.03. The summed E-state index contributed by atoms with van der Waals surface area (Å²) in [6.07, 6.45) is 2.51. The van der Waals surface area contributed by atoms with E-state index in [2.05, 4.69) is 13.8 Å². The van der Waals surface area contributed by atoms with Crippen LogP contribution >= 0.6 is 11.7 Å². The molecule has 2 rings (SSSR count). The van der Waals surface area contributed by atoms with Gasteiger partial charge in [0.05, 0.1) is 23.6 Å². The van der Waals surface area contributed by atoms with E-state index in [-0.39, 0.29) is 0 Å². The van der Waals surface area contributed by atoms with Gasteiger partial charge < -0.3 is 5.11 Å². The minimum absolute atomic E-state index is 0.574. The zero-order valence-corrected chi connectivity index (χ0v) is 8.48. The predicted octanol–water partition coefficient (Wildman–Crippen LogP) is 0.836. The number of hydrogen-bond acceptors (Lipinski definition) is 5. The van der Waals surface area contributed by atoms with Crippen molar-refractivity contribution in [1.82, 2.24) is 18.5 Å². The maximum Gasteiger partial charge on any atom is 0.140 e. The molecule has 1 unspecified atom stereocenters. The summed E-state index contributed by atoms with van der Waals surface area (Å²) in [4.78, 5) is 0. The van der Waals surface area contributed by atoms with E-state index >= 15 is 0 Å². The number of aromatic nitrogens is 4. The average Bonchev–Trinajstić information content (AvgIpc) is 2.87. The van der Waals surface area contributed by atoms with Gasteiger partial charge in [0.25, 0.3) is 0 Å². The fourth-order valence-corrected chi connectivity index (χ4v) is 1.73. The maximum absolute atomic E-state index is 9.92. The largest absolute Gasteiger partial charge is 0.380 e. The molecule has 0 aliphatic heterocycles. The summed E-state index contributed by atoms with van der Waals surface area (Å²) in [5, 5.41) is 14.0. The molecule has 14 heavy (non-hydrogen) atoms. The number of rotatable bonds is 3. The lowest BCUT2D eigenvalue weighted by molar-refractivity contribution is 0.204. The zero-order valence-electron chi connectivity index (χ0n) is 7.66. The van der Waals surface area contributed by atoms with Crippen molar-refractivity contribution in [2.75, 3.05) is 0 Å². The summed E-state index contributed by atoms with van der Waals surface area (Å²) in [6.45, 7) is 2.71. The van der Waals surface area contributed by atoms with E-state index in [1.54, 1.807) is 23.1 Å². The molecule has 2 aromatic rings. The fourth-order valence-electron chi connectivity index (χ4n) is 1.28. The fraction of sp³-hybridized carbons (Fsp3) is 0.375. The second kappa shape index (κ2) is 3.85. The number of aliphatic hydroxyl groups excluding tert-OH is 1. The molecule has 0 amide bonds. The molecule has 0 fully saturated rings. The van der Waals surface area contributed by atoms with Gasteiger partial charge in [0.1, 0.15) is 11.8 Å². The first-order chi connectivity index (χ1) is 6.83. The predicted molar refractivity (Wildman–Crippen MR) is 51.9 cm³/mol. The number of hydrogen-bond donors (Lipinski definition) is 1. The van der Waals surface area contributed by atoms with Gasteiger partial charge >= 0.3 is 0 Å². The summed E-state index contributed by atoms with van der Waals surface area (Å²) < 4.78 is 9.58. The first kappa shape index (κ1) is 9.29. The Morgan fingerprint density at radius 1 is 1.64 bits per heavy atom. The maximum atomic E-state index is 9.92. The van der Waals surface area contributed by atoms with Crippen molar-refractivity contribution in [3.05, 3.63) is 29.8 Å². The monoisotopic (exact) mass is 210 g/mol. The molecule has 0 aliphatic rings. The standard InChI is InChI=1S/C8H10N4OS/c1-2-12-7(3-4-9-12)8(13)6-5-10-14-11-6/h3-5,8,13H,2H2,1H3. The molecule has 2 heterocycles. The number of aryl methyl sites for hydroxylation is 1. The Bertz CT molecular complexity index is 397. The Labute approximate surface area is 85.3 Å². The van der Waals surface area contributed by atoms with Crippen LogP contribution in [0.15, 0.2) is 18.5 Å². The van der Waals surface area contributed by atoms with E-state index in [0.717, 1.165) is 24.0 Å². The van der Waals surface area contributed by atoms with Crippen LogP contribution in [0.3, 0.4) is 0 Å². The highest BCUT2D eigenvalue weighted by Crippen LogP contribution is 2.19. The van der Waals surface area contributed by atoms with E-state index < -0.39 is 6.10 Å². The Hall–Kier alpha value is -1.27. The van der Waals surface area contributed by atoms with Crippen molar-refractivity contribution in [3.63, 3.8) is 0 Å². The van der Waals surface area contributed by atoms with Crippen LogP contribution in [0, 0.1) is 0 Å². The summed E-state index contributed by atoms with van der Waals surface area (Å²) in [5.41, 5.74) is 1.32. The van der Waals surface area contributed by atoms with Gasteiger partial charge in [-0.15, -0.1) is 0 Å². The Kier molecular flexibility index (Phi) is 2.55. The van der Waals surface area contributed by atoms with Crippen LogP contribution < -0.4 is 0 Å². The summed E-state index contributed by atoms with van der Waals surface area (Å²) in [5.74, 6) is 0. The second-order valence-corrected chi connectivity index (χ2v) is 3.36. The van der Waals surface area contributed by atoms with E-state index in [0.29, 0.717) is 5.69 Å². The minimum atomic E-state index is -0.726. The Balaban J connectivity index is 2.31. The van der Waals surface area contributed by atoms with Crippen LogP contribution in [0.4, 0.5) is 0 Å². The van der Waals surface area contributed by atoms with Crippen LogP contribution in [0.2, 0.25) is 0 Å². The summed E-state index contributed by atoms with van der Waals surface area (Å²) in [6, 6.07) is 1.79. The lowest BCUT2D eigenvalue weighted by Crippen LogP contribution is -2.09. The van der Waals surface area contributed by atoms with Gasteiger partial charge in [-0.25, -0.2) is 0 Å². The highest BCUT2D eigenvalue weighted by atomic mass is 32.1. The molecule has 0 aromatic carbocycles. The third-order valence-corrected chi connectivity index (χ3v) is 2.48. The zero-order chi connectivity index (χ0) is 9.97. The van der Waals surface area contributed by atoms with Gasteiger partial charge in [-0.3, -0.25) is 4.68 Å². The lowest BCUT2D eigenvalue weighted by Gasteiger charge is -2.08. The van der Waals surface area contributed by atoms with Crippen molar-refractivity contribution in [1.29, 1.82) is 0 Å². The van der Waals surface area contributed by atoms with E-state index in [4.69, 9.17) is 0 Å². The van der Waals surface area contributed by atoms with Crippen LogP contribution in [0.25, 0.3) is 0 Å². The van der Waals surface area contributed by atoms with Gasteiger partial charge in [0, 0.05) is 12.7 Å². The van der Waals surface area contributed by atoms with Crippen LogP contribution in [0.5, 0.6) is 0 Å². The molecule has 0 saturated carbocycles. The SMILES string of the molecule is CCn1nccc1C(O)c1cnsn1. The molecule has 5 nitrogen and oxygen atoms in total. The highest BCUT2D eigenvalue weighted by molar-refractivity contribution is 6.99. The molecule has 0 radical (unpaired) electrons. The molecule has 6 heteroatoms.